The van der Waals surface area contributed by atoms with Gasteiger partial charge in [0.1, 0.15) is 71.6 Å². The molecular weight excluding hydrogens is 1620 g/mol. The quantitative estimate of drug-likeness (QED) is 0.0124. The Bertz CT molecular complexity index is 4750. The van der Waals surface area contributed by atoms with Crippen LogP contribution in [0.1, 0.15) is 83.9 Å². The number of nitrogens with one attached hydrogen (secondary N) is 10. The molecule has 0 spiro atoms. The number of hydrogen-bond donors (Lipinski definition) is 27. The summed E-state index contributed by atoms with van der Waals surface area (Å²) in [5, 5.41) is 144. The van der Waals surface area contributed by atoms with E-state index in [2.05, 4.69) is 53.2 Å². The van der Waals surface area contributed by atoms with Crippen molar-refractivity contribution in [2.75, 3.05) is 19.7 Å². The maximum Gasteiger partial charge on any atom is 0.488 e. The lowest BCUT2D eigenvalue weighted by Gasteiger charge is -2.28. The van der Waals surface area contributed by atoms with Crippen molar-refractivity contribution < 1.29 is 118 Å². The van der Waals surface area contributed by atoms with Gasteiger partial charge in [-0.25, -0.2) is 0 Å². The number of hydrogen-bond acceptors (Lipinski definition) is 27. The number of phenolic OH excluding ortho intramolecular Hbond substituents is 3. The van der Waals surface area contributed by atoms with E-state index in [1.807, 2.05) is 0 Å². The van der Waals surface area contributed by atoms with Gasteiger partial charge < -0.3 is 142 Å². The van der Waals surface area contributed by atoms with E-state index in [9.17, 15) is 104 Å². The molecule has 125 heavy (non-hydrogen) atoms. The summed E-state index contributed by atoms with van der Waals surface area (Å²) < 4.78 is 0. The van der Waals surface area contributed by atoms with E-state index in [0.717, 1.165) is 0 Å². The van der Waals surface area contributed by atoms with Gasteiger partial charge in [0.25, 0.3) is 0 Å². The van der Waals surface area contributed by atoms with Crippen LogP contribution in [0.3, 0.4) is 0 Å². The summed E-state index contributed by atoms with van der Waals surface area (Å²) in [5.74, 6) is -12.9. The normalized spacial score (nSPS) is 13.7. The summed E-state index contributed by atoms with van der Waals surface area (Å²) in [6.07, 6.45) is -3.20. The Morgan fingerprint density at radius 1 is 0.288 bits per heavy atom. The van der Waals surface area contributed by atoms with Crippen LogP contribution in [0.5, 0.6) is 17.2 Å². The number of carbonyl (C=O) groups is 12. The fraction of sp³-hybridized carbons (Fsp3) is 0.341. The summed E-state index contributed by atoms with van der Waals surface area (Å²) >= 11 is 0. The first-order valence-electron chi connectivity index (χ1n) is 40.0. The fourth-order valence-corrected chi connectivity index (χ4v) is 13.0. The standard InChI is InChI=1S/C82H105B4N15O24/c87-35-3-1-5-62(77(112)101-70(45-102)82(117)95-64(72(91)107)39-50-15-29-57(103)30-16-50)94-81(116)69(44-71(90)106)100-76(111)63(93-78(113)68(41-49-13-27-56(28-14-49)86(124)125)99-80(115)67(43-52-19-33-59(105)34-20-52)97-74(109)61(89)38-47-9-23-54(24-10-47)84(120)121)6-2-4-36-92-75(110)65(40-48-11-25-55(26-12-48)85(122)123)98-79(114)66(42-51-17-31-58(104)32-18-51)96-73(108)60(88)37-46-7-21-53(22-8-46)83(118)119/h7-34,60-70,102-105,118-125H,1-6,35-45,87-89H2,(H2,90,106)(H2,91,107)(H,92,110)(H,93,113)(H,94,116)(H,95,117)(H,96,108)(H,97,109)(H,98,114)(H,99,115)(H,100,111)(H,101,112)/t60-,61-,62-,63-,64-,65-,66-,67-,68-,69-,70-/m0/s1. The number of amides is 12. The molecular formula is C82H105B4N15O24. The number of aliphatic hydroxyl groups is 1. The predicted octanol–water partition coefficient (Wildman–Crippen LogP) is -9.69. The van der Waals surface area contributed by atoms with Crippen LogP contribution in [0.25, 0.3) is 0 Å². The topological polar surface area (TPSA) is 698 Å². The lowest BCUT2D eigenvalue weighted by Crippen LogP contribution is -2.61. The van der Waals surface area contributed by atoms with Crippen LogP contribution in [0.2, 0.25) is 0 Å². The van der Waals surface area contributed by atoms with Gasteiger partial charge in [0.05, 0.1) is 25.1 Å². The molecule has 0 aromatic heterocycles. The molecule has 12 amide bonds. The summed E-state index contributed by atoms with van der Waals surface area (Å²) in [6.45, 7) is -1.26. The van der Waals surface area contributed by atoms with E-state index in [4.69, 9.17) is 28.7 Å². The molecule has 0 unspecified atom stereocenters. The molecule has 43 heteroatoms. The molecule has 0 aliphatic heterocycles. The van der Waals surface area contributed by atoms with Gasteiger partial charge in [-0.3, -0.25) is 57.5 Å². The van der Waals surface area contributed by atoms with Crippen molar-refractivity contribution in [2.24, 2.45) is 28.7 Å². The molecule has 0 bridgehead atoms. The summed E-state index contributed by atoms with van der Waals surface area (Å²) in [5.41, 5.74) is 33.2. The van der Waals surface area contributed by atoms with Crippen LogP contribution in [0, 0.1) is 0 Å². The van der Waals surface area contributed by atoms with Crippen LogP contribution in [0.15, 0.2) is 170 Å². The molecule has 7 aromatic carbocycles. The highest BCUT2D eigenvalue weighted by Crippen LogP contribution is 2.18. The van der Waals surface area contributed by atoms with Gasteiger partial charge in [0.2, 0.25) is 70.9 Å². The van der Waals surface area contributed by atoms with Gasteiger partial charge in [-0.05, 0) is 155 Å². The first-order chi connectivity index (χ1) is 59.4. The summed E-state index contributed by atoms with van der Waals surface area (Å²) in [4.78, 5) is 171. The minimum absolute atomic E-state index is 0.00610. The monoisotopic (exact) mass is 1730 g/mol. The number of rotatable bonds is 50. The molecule has 0 aliphatic carbocycles. The van der Waals surface area contributed by atoms with Crippen molar-refractivity contribution in [3.05, 3.63) is 209 Å². The molecule has 7 aromatic rings. The number of nitrogens with two attached hydrogens (primary N) is 5. The first-order valence-corrected chi connectivity index (χ1v) is 40.0. The number of primary amides is 2. The molecule has 0 fully saturated rings. The van der Waals surface area contributed by atoms with Gasteiger partial charge in [0.15, 0.2) is 0 Å². The predicted molar refractivity (Wildman–Crippen MR) is 459 cm³/mol. The Morgan fingerprint density at radius 2 is 0.528 bits per heavy atom. The zero-order valence-corrected chi connectivity index (χ0v) is 68.0. The lowest BCUT2D eigenvalue weighted by molar-refractivity contribution is -0.136. The second-order valence-corrected chi connectivity index (χ2v) is 30.0. The zero-order valence-electron chi connectivity index (χ0n) is 68.0. The Labute approximate surface area is 720 Å². The third-order valence-corrected chi connectivity index (χ3v) is 20.2. The van der Waals surface area contributed by atoms with Gasteiger partial charge in [-0.2, -0.15) is 0 Å². The maximum atomic E-state index is 15.4. The van der Waals surface area contributed by atoms with Gasteiger partial charge >= 0.3 is 28.5 Å². The first kappa shape index (κ1) is 99.5. The van der Waals surface area contributed by atoms with Crippen LogP contribution >= 0.6 is 0 Å². The largest absolute Gasteiger partial charge is 0.508 e. The Balaban J connectivity index is 1.20. The molecule has 7 rings (SSSR count). The Morgan fingerprint density at radius 3 is 0.832 bits per heavy atom. The van der Waals surface area contributed by atoms with E-state index >= 15 is 14.4 Å². The highest BCUT2D eigenvalue weighted by atomic mass is 16.4. The highest BCUT2D eigenvalue weighted by Gasteiger charge is 2.37. The van der Waals surface area contributed by atoms with Crippen LogP contribution in [-0.4, -0.2) is 246 Å². The number of aliphatic hydroxyl groups excluding tert-OH is 1. The molecule has 0 radical (unpaired) electrons. The second kappa shape index (κ2) is 49.6. The summed E-state index contributed by atoms with van der Waals surface area (Å²) in [6, 6.07) is 21.7. The SMILES string of the molecule is NCCCC[C@H](NC(=O)[C@H](CC(N)=O)NC(=O)[C@H](CCCCNC(=O)[C@H](Cc1ccc(B(O)O)cc1)NC(=O)[C@H](Cc1ccc(O)cc1)NC(=O)[C@@H](N)Cc1ccc(B(O)O)cc1)NC(=O)[C@H](Cc1ccc(B(O)O)cc1)NC(=O)[C@H](Cc1ccc(O)cc1)NC(=O)[C@@H](N)Cc1ccc(B(O)O)cc1)C(=O)N[C@@H](CO)C(=O)N[C@@H](Cc1ccc(O)cc1)C(N)=O. The Kier molecular flexibility index (Phi) is 39.5. The van der Waals surface area contributed by atoms with Crippen LogP contribution in [0.4, 0.5) is 0 Å². The number of aromatic hydroxyl groups is 3. The molecule has 32 N–H and O–H groups in total. The molecule has 0 aliphatic rings. The van der Waals surface area contributed by atoms with Gasteiger partial charge in [-0.15, -0.1) is 0 Å². The van der Waals surface area contributed by atoms with E-state index in [-0.39, 0.29) is 128 Å². The number of phenols is 3. The Hall–Kier alpha value is -12.6. The van der Waals surface area contributed by atoms with Crippen molar-refractivity contribution in [1.82, 2.24) is 53.2 Å². The van der Waals surface area contributed by atoms with E-state index in [1.165, 1.54) is 170 Å². The fourth-order valence-electron chi connectivity index (χ4n) is 13.0. The number of benzene rings is 7. The van der Waals surface area contributed by atoms with Gasteiger partial charge in [0, 0.05) is 38.6 Å². The average Bonchev–Trinajstić information content (AvgIpc) is 0.858. The minimum atomic E-state index is -2.01. The minimum Gasteiger partial charge on any atom is -0.508 e. The van der Waals surface area contributed by atoms with Crippen molar-refractivity contribution in [3.63, 3.8) is 0 Å². The molecule has 0 heterocycles. The van der Waals surface area contributed by atoms with Crippen molar-refractivity contribution in [1.29, 1.82) is 0 Å². The summed E-state index contributed by atoms with van der Waals surface area (Å²) in [7, 11) is -7.42. The number of unbranched alkanes of at least 4 members (excludes halogenated alkanes) is 2. The average molecular weight is 1730 g/mol. The zero-order chi connectivity index (χ0) is 91.6. The second-order valence-electron chi connectivity index (χ2n) is 30.0. The van der Waals surface area contributed by atoms with E-state index in [1.54, 1.807) is 0 Å². The smallest absolute Gasteiger partial charge is 0.488 e. The highest BCUT2D eigenvalue weighted by molar-refractivity contribution is 6.59. The van der Waals surface area contributed by atoms with Crippen LogP contribution in [-0.2, 0) is 102 Å². The van der Waals surface area contributed by atoms with Crippen molar-refractivity contribution >= 4 is 121 Å². The molecule has 664 valence electrons. The maximum absolute atomic E-state index is 15.4. The third-order valence-electron chi connectivity index (χ3n) is 20.2. The third kappa shape index (κ3) is 33.2. The van der Waals surface area contributed by atoms with E-state index in [0.29, 0.717) is 33.4 Å². The molecule has 0 saturated heterocycles. The van der Waals surface area contributed by atoms with Crippen molar-refractivity contribution in [3.8, 4) is 17.2 Å². The molecule has 39 nitrogen and oxygen atoms in total. The van der Waals surface area contributed by atoms with Crippen molar-refractivity contribution in [2.45, 2.75) is 156 Å². The number of carbonyl (C=O) groups excluding carboxylic acids is 12. The molecule has 0 saturated carbocycles. The van der Waals surface area contributed by atoms with Crippen LogP contribution < -0.4 is 104 Å². The lowest BCUT2D eigenvalue weighted by atomic mass is 9.80. The van der Waals surface area contributed by atoms with E-state index < -0.39 is 192 Å². The molecule has 11 atom stereocenters. The van der Waals surface area contributed by atoms with Gasteiger partial charge in [-0.1, -0.05) is 133 Å².